The molecule has 0 amide bonds. The van der Waals surface area contributed by atoms with Crippen LogP contribution in [0.25, 0.3) is 12.2 Å². The molecule has 0 aliphatic rings. The minimum Gasteiger partial charge on any atom is -0.612 e. The number of carbonyl (C=O) groups is 1. The number of hydrogen-bond acceptors (Lipinski definition) is 8. The van der Waals surface area contributed by atoms with Crippen LogP contribution in [0.1, 0.15) is 11.1 Å². The molecular formula is C24H28O8S. The SMILES string of the molecule is COc1cc(C=C[S+]([O-])CC(=O)/C=C\c2cc(OC)c(OC)c(OC)c2)cc(OC)c1OC. The first kappa shape index (κ1) is 26.0. The first-order valence-corrected chi connectivity index (χ1v) is 11.1. The fraction of sp³-hybridized carbons (Fsp3) is 0.292. The zero-order valence-electron chi connectivity index (χ0n) is 19.5. The van der Waals surface area contributed by atoms with E-state index in [4.69, 9.17) is 28.4 Å². The normalized spacial score (nSPS) is 12.0. The standard InChI is InChI=1S/C24H28O8S/c1-27-19-11-16(12-20(28-2)23(19)31-5)7-8-18(25)15-33(26)10-9-17-13-21(29-3)24(32-6)22(14-17)30-4/h7-14H,15H2,1-6H3/b8-7-,10-9?. The third kappa shape index (κ3) is 6.84. The van der Waals surface area contributed by atoms with Crippen molar-refractivity contribution in [2.45, 2.75) is 0 Å². The molecule has 0 saturated heterocycles. The summed E-state index contributed by atoms with van der Waals surface area (Å²) in [6.45, 7) is 0. The van der Waals surface area contributed by atoms with Crippen LogP contribution in [-0.4, -0.2) is 58.7 Å². The third-order valence-electron chi connectivity index (χ3n) is 4.53. The molecule has 2 aromatic carbocycles. The summed E-state index contributed by atoms with van der Waals surface area (Å²) in [5.74, 6) is 2.37. The predicted molar refractivity (Wildman–Crippen MR) is 128 cm³/mol. The van der Waals surface area contributed by atoms with Gasteiger partial charge >= 0.3 is 0 Å². The monoisotopic (exact) mass is 476 g/mol. The number of carbonyl (C=O) groups excluding carboxylic acids is 1. The molecule has 0 fully saturated rings. The number of methoxy groups -OCH3 is 6. The smallest absolute Gasteiger partial charge is 0.205 e. The molecule has 0 N–H and O–H groups in total. The molecule has 178 valence electrons. The lowest BCUT2D eigenvalue weighted by Crippen LogP contribution is -2.11. The van der Waals surface area contributed by atoms with Crippen molar-refractivity contribution in [3.8, 4) is 34.5 Å². The summed E-state index contributed by atoms with van der Waals surface area (Å²) in [4.78, 5) is 12.3. The Balaban J connectivity index is 2.09. The molecule has 33 heavy (non-hydrogen) atoms. The van der Waals surface area contributed by atoms with Gasteiger partial charge in [0.15, 0.2) is 28.8 Å². The van der Waals surface area contributed by atoms with Gasteiger partial charge in [0, 0.05) is 0 Å². The lowest BCUT2D eigenvalue weighted by atomic mass is 10.1. The van der Waals surface area contributed by atoms with Gasteiger partial charge in [0.2, 0.25) is 17.3 Å². The van der Waals surface area contributed by atoms with E-state index in [0.717, 1.165) is 0 Å². The molecule has 0 aromatic heterocycles. The topological polar surface area (TPSA) is 95.5 Å². The van der Waals surface area contributed by atoms with Crippen LogP contribution in [-0.2, 0) is 16.0 Å². The van der Waals surface area contributed by atoms with Crippen molar-refractivity contribution in [2.24, 2.45) is 0 Å². The summed E-state index contributed by atoms with van der Waals surface area (Å²) < 4.78 is 44.2. The first-order chi connectivity index (χ1) is 15.9. The van der Waals surface area contributed by atoms with Gasteiger partial charge in [0.1, 0.15) is 5.41 Å². The van der Waals surface area contributed by atoms with Crippen LogP contribution in [0, 0.1) is 0 Å². The maximum Gasteiger partial charge on any atom is 0.205 e. The maximum atomic E-state index is 12.4. The van der Waals surface area contributed by atoms with E-state index in [0.29, 0.717) is 45.6 Å². The van der Waals surface area contributed by atoms with Gasteiger partial charge in [-0.2, -0.15) is 0 Å². The number of benzene rings is 2. The van der Waals surface area contributed by atoms with Crippen LogP contribution < -0.4 is 28.4 Å². The molecule has 2 rings (SSSR count). The average Bonchev–Trinajstić information content (AvgIpc) is 2.84. The Morgan fingerprint density at radius 3 is 1.48 bits per heavy atom. The molecule has 0 saturated carbocycles. The summed E-state index contributed by atoms with van der Waals surface area (Å²) in [6, 6.07) is 6.88. The fourth-order valence-corrected chi connectivity index (χ4v) is 3.76. The summed E-state index contributed by atoms with van der Waals surface area (Å²) in [7, 11) is 9.09. The minimum atomic E-state index is -1.51. The second-order valence-corrected chi connectivity index (χ2v) is 7.87. The van der Waals surface area contributed by atoms with Crippen LogP contribution in [0.3, 0.4) is 0 Å². The maximum absolute atomic E-state index is 12.4. The van der Waals surface area contributed by atoms with E-state index in [1.807, 2.05) is 0 Å². The predicted octanol–water partition coefficient (Wildman–Crippen LogP) is 3.74. The van der Waals surface area contributed by atoms with Crippen LogP contribution in [0.2, 0.25) is 0 Å². The molecule has 2 aromatic rings. The number of ketones is 1. The van der Waals surface area contributed by atoms with Gasteiger partial charge in [0.05, 0.1) is 42.7 Å². The van der Waals surface area contributed by atoms with Crippen LogP contribution >= 0.6 is 0 Å². The highest BCUT2D eigenvalue weighted by Crippen LogP contribution is 2.39. The largest absolute Gasteiger partial charge is 0.612 e. The van der Waals surface area contributed by atoms with E-state index in [-0.39, 0.29) is 11.5 Å². The first-order valence-electron chi connectivity index (χ1n) is 9.77. The lowest BCUT2D eigenvalue weighted by molar-refractivity contribution is -0.112. The van der Waals surface area contributed by atoms with E-state index >= 15 is 0 Å². The molecule has 0 aliphatic carbocycles. The van der Waals surface area contributed by atoms with Crippen molar-refractivity contribution in [1.82, 2.24) is 0 Å². The van der Waals surface area contributed by atoms with Crippen LogP contribution in [0.5, 0.6) is 34.5 Å². The second-order valence-electron chi connectivity index (χ2n) is 6.54. The highest BCUT2D eigenvalue weighted by molar-refractivity contribution is 7.95. The Kier molecular flexibility index (Phi) is 9.96. The summed E-state index contributed by atoms with van der Waals surface area (Å²) in [5, 5.41) is 1.45. The van der Waals surface area contributed by atoms with Crippen LogP contribution in [0.4, 0.5) is 0 Å². The zero-order chi connectivity index (χ0) is 24.4. The summed E-state index contributed by atoms with van der Waals surface area (Å²) >= 11 is -1.51. The molecule has 1 unspecified atom stereocenters. The average molecular weight is 477 g/mol. The number of allylic oxidation sites excluding steroid dienone is 1. The van der Waals surface area contributed by atoms with Crippen molar-refractivity contribution in [1.29, 1.82) is 0 Å². The highest BCUT2D eigenvalue weighted by atomic mass is 32.2. The van der Waals surface area contributed by atoms with E-state index in [1.54, 1.807) is 36.4 Å². The van der Waals surface area contributed by atoms with Gasteiger partial charge in [-0.15, -0.1) is 0 Å². The molecule has 0 radical (unpaired) electrons. The molecule has 8 nitrogen and oxygen atoms in total. The molecule has 1 atom stereocenters. The molecular weight excluding hydrogens is 448 g/mol. The fourth-order valence-electron chi connectivity index (χ4n) is 2.98. The highest BCUT2D eigenvalue weighted by Gasteiger charge is 2.14. The van der Waals surface area contributed by atoms with Gasteiger partial charge in [0.25, 0.3) is 0 Å². The zero-order valence-corrected chi connectivity index (χ0v) is 20.3. The van der Waals surface area contributed by atoms with E-state index in [2.05, 4.69) is 0 Å². The summed E-state index contributed by atoms with van der Waals surface area (Å²) in [5.41, 5.74) is 1.37. The Bertz CT molecular complexity index is 966. The van der Waals surface area contributed by atoms with Crippen molar-refractivity contribution < 1.29 is 37.8 Å². The van der Waals surface area contributed by atoms with E-state index in [1.165, 1.54) is 54.1 Å². The van der Waals surface area contributed by atoms with Crippen molar-refractivity contribution in [2.75, 3.05) is 48.4 Å². The molecule has 0 bridgehead atoms. The molecule has 0 heterocycles. The number of rotatable bonds is 12. The number of ether oxygens (including phenoxy) is 6. The van der Waals surface area contributed by atoms with Crippen molar-refractivity contribution in [3.05, 3.63) is 46.9 Å². The Morgan fingerprint density at radius 1 is 0.727 bits per heavy atom. The van der Waals surface area contributed by atoms with Gasteiger partial charge < -0.3 is 33.0 Å². The van der Waals surface area contributed by atoms with Gasteiger partial charge in [-0.3, -0.25) is 4.79 Å². The Labute approximate surface area is 196 Å². The van der Waals surface area contributed by atoms with Crippen molar-refractivity contribution in [3.63, 3.8) is 0 Å². The molecule has 0 spiro atoms. The Morgan fingerprint density at radius 2 is 1.12 bits per heavy atom. The van der Waals surface area contributed by atoms with E-state index in [9.17, 15) is 9.35 Å². The number of hydrogen-bond donors (Lipinski definition) is 0. The third-order valence-corrected chi connectivity index (χ3v) is 5.54. The molecule has 0 aliphatic heterocycles. The Hall–Kier alpha value is -3.30. The van der Waals surface area contributed by atoms with Gasteiger partial charge in [-0.25, -0.2) is 0 Å². The van der Waals surface area contributed by atoms with Crippen LogP contribution in [0.15, 0.2) is 35.7 Å². The lowest BCUT2D eigenvalue weighted by Gasteiger charge is -2.13. The summed E-state index contributed by atoms with van der Waals surface area (Å²) in [6.07, 6.45) is 4.61. The quantitative estimate of drug-likeness (QED) is 0.338. The van der Waals surface area contributed by atoms with Crippen molar-refractivity contribution >= 4 is 29.1 Å². The minimum absolute atomic E-state index is 0.165. The van der Waals surface area contributed by atoms with Gasteiger partial charge in [-0.05, 0) is 58.7 Å². The van der Waals surface area contributed by atoms with Gasteiger partial charge in [-0.1, -0.05) is 6.08 Å². The second kappa shape index (κ2) is 12.7. The molecule has 9 heteroatoms. The van der Waals surface area contributed by atoms with E-state index < -0.39 is 11.2 Å².